The summed E-state index contributed by atoms with van der Waals surface area (Å²) in [7, 11) is 1.50. The third-order valence-corrected chi connectivity index (χ3v) is 6.25. The van der Waals surface area contributed by atoms with Crippen LogP contribution in [0.5, 0.6) is 0 Å². The highest BCUT2D eigenvalue weighted by Gasteiger charge is 2.11. The van der Waals surface area contributed by atoms with Crippen LogP contribution in [-0.2, 0) is 22.6 Å². The van der Waals surface area contributed by atoms with Crippen LogP contribution in [0.25, 0.3) is 0 Å². The molecule has 1 aromatic heterocycles. The largest absolute Gasteiger partial charge is 0.375 e. The third kappa shape index (κ3) is 10.9. The summed E-state index contributed by atoms with van der Waals surface area (Å²) < 4.78 is 4.80. The maximum atomic E-state index is 11.4. The summed E-state index contributed by atoms with van der Waals surface area (Å²) >= 11 is 0. The van der Waals surface area contributed by atoms with E-state index in [2.05, 4.69) is 60.8 Å². The van der Waals surface area contributed by atoms with Crippen LogP contribution in [-0.4, -0.2) is 61.8 Å². The smallest absolute Gasteiger partial charge is 0.246 e. The number of carbonyl (C=O) groups excluding carboxylic acids is 1. The van der Waals surface area contributed by atoms with E-state index in [1.54, 1.807) is 0 Å². The van der Waals surface area contributed by atoms with Gasteiger partial charge in [-0.25, -0.2) is 4.98 Å². The standard InChI is InChI=1S/C27H43N7O2/c1-21-17-25(30-15-16-31-26(35)20-36-2)34-27(33-21)32-19-23-11-9-22(10-12-23)18-28-13-6-14-29-24-7-4-3-5-8-24/h9-12,17,24,28-29H,3-8,13-16,18-20H2,1-2H3,(H,31,35)(H2,30,32,33,34). The quantitative estimate of drug-likeness (QED) is 0.225. The number of benzene rings is 1. The summed E-state index contributed by atoms with van der Waals surface area (Å²) in [5, 5.41) is 16.6. The number of carbonyl (C=O) groups is 1. The molecular formula is C27H43N7O2. The Kier molecular flexibility index (Phi) is 12.4. The zero-order valence-electron chi connectivity index (χ0n) is 21.9. The number of amides is 1. The first-order valence-electron chi connectivity index (χ1n) is 13.2. The fraction of sp³-hybridized carbons (Fsp3) is 0.593. The normalized spacial score (nSPS) is 13.9. The van der Waals surface area contributed by atoms with E-state index in [0.717, 1.165) is 43.6 Å². The van der Waals surface area contributed by atoms with E-state index >= 15 is 0 Å². The van der Waals surface area contributed by atoms with E-state index in [-0.39, 0.29) is 12.5 Å². The van der Waals surface area contributed by atoms with Gasteiger partial charge in [0.05, 0.1) is 0 Å². The lowest BCUT2D eigenvalue weighted by molar-refractivity contribution is -0.124. The number of ether oxygens (including phenoxy) is 1. The van der Waals surface area contributed by atoms with Crippen LogP contribution in [0.1, 0.15) is 55.3 Å². The van der Waals surface area contributed by atoms with E-state index in [9.17, 15) is 4.79 Å². The highest BCUT2D eigenvalue weighted by atomic mass is 16.5. The molecule has 0 unspecified atom stereocenters. The number of hydrogen-bond donors (Lipinski definition) is 5. The molecule has 1 fully saturated rings. The average Bonchev–Trinajstić information content (AvgIpc) is 2.89. The fourth-order valence-corrected chi connectivity index (χ4v) is 4.33. The number of hydrogen-bond acceptors (Lipinski definition) is 8. The molecule has 0 radical (unpaired) electrons. The number of anilines is 2. The molecule has 1 heterocycles. The van der Waals surface area contributed by atoms with Gasteiger partial charge in [-0.3, -0.25) is 4.79 Å². The van der Waals surface area contributed by atoms with Crippen LogP contribution >= 0.6 is 0 Å². The SMILES string of the molecule is COCC(=O)NCCNc1cc(C)nc(NCc2ccc(CNCCCNC3CCCCC3)cc2)n1. The molecule has 1 aromatic carbocycles. The number of methoxy groups -OCH3 is 1. The Hall–Kier alpha value is -2.75. The first-order valence-corrected chi connectivity index (χ1v) is 13.2. The second-order valence-electron chi connectivity index (χ2n) is 9.42. The Morgan fingerprint density at radius 1 is 0.944 bits per heavy atom. The van der Waals surface area contributed by atoms with Gasteiger partial charge in [0.1, 0.15) is 12.4 Å². The van der Waals surface area contributed by atoms with Crippen molar-refractivity contribution in [3.8, 4) is 0 Å². The van der Waals surface area contributed by atoms with Crippen molar-refractivity contribution in [1.29, 1.82) is 0 Å². The van der Waals surface area contributed by atoms with Crippen LogP contribution in [0.4, 0.5) is 11.8 Å². The minimum Gasteiger partial charge on any atom is -0.375 e. The van der Waals surface area contributed by atoms with E-state index in [0.29, 0.717) is 25.6 Å². The number of rotatable bonds is 16. The molecule has 1 amide bonds. The molecular weight excluding hydrogens is 454 g/mol. The lowest BCUT2D eigenvalue weighted by atomic mass is 9.95. The molecule has 36 heavy (non-hydrogen) atoms. The molecule has 0 spiro atoms. The summed E-state index contributed by atoms with van der Waals surface area (Å²) in [6.07, 6.45) is 8.03. The second kappa shape index (κ2) is 16.1. The highest BCUT2D eigenvalue weighted by molar-refractivity contribution is 5.77. The van der Waals surface area contributed by atoms with Gasteiger partial charge < -0.3 is 31.3 Å². The molecule has 198 valence electrons. The Morgan fingerprint density at radius 2 is 1.69 bits per heavy atom. The minimum atomic E-state index is -0.135. The van der Waals surface area contributed by atoms with Gasteiger partial charge in [-0.05, 0) is 50.4 Å². The van der Waals surface area contributed by atoms with Gasteiger partial charge in [-0.2, -0.15) is 4.98 Å². The molecule has 0 atom stereocenters. The fourth-order valence-electron chi connectivity index (χ4n) is 4.33. The molecule has 0 saturated heterocycles. The summed E-state index contributed by atoms with van der Waals surface area (Å²) in [5.41, 5.74) is 3.33. The molecule has 2 aromatic rings. The van der Waals surface area contributed by atoms with Crippen molar-refractivity contribution in [3.05, 3.63) is 47.2 Å². The minimum absolute atomic E-state index is 0.0657. The van der Waals surface area contributed by atoms with Crippen molar-refractivity contribution < 1.29 is 9.53 Å². The van der Waals surface area contributed by atoms with Gasteiger partial charge in [0.2, 0.25) is 11.9 Å². The van der Waals surface area contributed by atoms with E-state index < -0.39 is 0 Å². The van der Waals surface area contributed by atoms with Crippen molar-refractivity contribution >= 4 is 17.7 Å². The van der Waals surface area contributed by atoms with Crippen molar-refractivity contribution in [2.75, 3.05) is 50.5 Å². The van der Waals surface area contributed by atoms with Gasteiger partial charge >= 0.3 is 0 Å². The Balaban J connectivity index is 1.32. The zero-order valence-corrected chi connectivity index (χ0v) is 21.9. The Bertz CT molecular complexity index is 901. The van der Waals surface area contributed by atoms with E-state index in [1.807, 2.05) is 13.0 Å². The lowest BCUT2D eigenvalue weighted by Crippen LogP contribution is -2.33. The Labute approximate surface area is 215 Å². The number of nitrogens with one attached hydrogen (secondary N) is 5. The monoisotopic (exact) mass is 497 g/mol. The molecule has 0 aliphatic heterocycles. The van der Waals surface area contributed by atoms with Gasteiger partial charge in [0.25, 0.3) is 0 Å². The molecule has 0 bridgehead atoms. The topological polar surface area (TPSA) is 112 Å². The van der Waals surface area contributed by atoms with Gasteiger partial charge in [0.15, 0.2) is 0 Å². The molecule has 3 rings (SSSR count). The first-order chi connectivity index (χ1) is 17.6. The molecule has 1 saturated carbocycles. The Morgan fingerprint density at radius 3 is 2.44 bits per heavy atom. The molecule has 1 aliphatic carbocycles. The highest BCUT2D eigenvalue weighted by Crippen LogP contribution is 2.17. The maximum absolute atomic E-state index is 11.4. The van der Waals surface area contributed by atoms with Crippen LogP contribution in [0.15, 0.2) is 30.3 Å². The second-order valence-corrected chi connectivity index (χ2v) is 9.42. The van der Waals surface area contributed by atoms with Gasteiger partial charge in [-0.1, -0.05) is 43.5 Å². The third-order valence-electron chi connectivity index (χ3n) is 6.25. The average molecular weight is 498 g/mol. The van der Waals surface area contributed by atoms with Crippen molar-refractivity contribution in [2.24, 2.45) is 0 Å². The predicted octanol–water partition coefficient (Wildman–Crippen LogP) is 2.97. The maximum Gasteiger partial charge on any atom is 0.246 e. The van der Waals surface area contributed by atoms with Crippen molar-refractivity contribution in [3.63, 3.8) is 0 Å². The van der Waals surface area contributed by atoms with Crippen molar-refractivity contribution in [2.45, 2.75) is 64.6 Å². The summed E-state index contributed by atoms with van der Waals surface area (Å²) in [6.45, 7) is 6.73. The van der Waals surface area contributed by atoms with Crippen molar-refractivity contribution in [1.82, 2.24) is 25.9 Å². The van der Waals surface area contributed by atoms with Crippen LogP contribution < -0.4 is 26.6 Å². The molecule has 9 nitrogen and oxygen atoms in total. The van der Waals surface area contributed by atoms with Crippen LogP contribution in [0.3, 0.4) is 0 Å². The molecule has 9 heteroatoms. The van der Waals surface area contributed by atoms with Crippen LogP contribution in [0.2, 0.25) is 0 Å². The van der Waals surface area contributed by atoms with Gasteiger partial charge in [0, 0.05) is 51.1 Å². The molecule has 1 aliphatic rings. The zero-order chi connectivity index (χ0) is 25.4. The first kappa shape index (κ1) is 27.8. The van der Waals surface area contributed by atoms with Gasteiger partial charge in [-0.15, -0.1) is 0 Å². The lowest BCUT2D eigenvalue weighted by Gasteiger charge is -2.22. The number of aromatic nitrogens is 2. The summed E-state index contributed by atoms with van der Waals surface area (Å²) in [6, 6.07) is 11.3. The summed E-state index contributed by atoms with van der Waals surface area (Å²) in [5.74, 6) is 1.17. The predicted molar refractivity (Wildman–Crippen MR) is 145 cm³/mol. The summed E-state index contributed by atoms with van der Waals surface area (Å²) in [4.78, 5) is 20.4. The van der Waals surface area contributed by atoms with E-state index in [1.165, 1.54) is 50.3 Å². The molecule has 5 N–H and O–H groups in total. The number of nitrogens with zero attached hydrogens (tertiary/aromatic N) is 2. The van der Waals surface area contributed by atoms with E-state index in [4.69, 9.17) is 4.74 Å². The van der Waals surface area contributed by atoms with Crippen LogP contribution in [0, 0.1) is 6.92 Å². The number of aryl methyl sites for hydroxylation is 1.